The first kappa shape index (κ1) is 15.7. The van der Waals surface area contributed by atoms with Gasteiger partial charge >= 0.3 is 0 Å². The van der Waals surface area contributed by atoms with Gasteiger partial charge < -0.3 is 10.0 Å². The molecule has 1 heterocycles. The van der Waals surface area contributed by atoms with Gasteiger partial charge in [0.25, 0.3) is 11.6 Å². The van der Waals surface area contributed by atoms with Gasteiger partial charge in [0.1, 0.15) is 5.02 Å². The highest BCUT2D eigenvalue weighted by molar-refractivity contribution is 6.32. The topological polar surface area (TPSA) is 83.7 Å². The normalized spacial score (nSPS) is 17.6. The van der Waals surface area contributed by atoms with Crippen molar-refractivity contribution in [2.24, 2.45) is 5.92 Å². The van der Waals surface area contributed by atoms with Gasteiger partial charge in [-0.15, -0.1) is 0 Å². The maximum Gasteiger partial charge on any atom is 0.288 e. The lowest BCUT2D eigenvalue weighted by Crippen LogP contribution is -2.40. The number of benzene rings is 1. The molecule has 114 valence electrons. The van der Waals surface area contributed by atoms with Crippen LogP contribution in [0.25, 0.3) is 0 Å². The number of hydrogen-bond acceptors (Lipinski definition) is 4. The van der Waals surface area contributed by atoms with Gasteiger partial charge in [-0.1, -0.05) is 11.6 Å². The zero-order valence-electron chi connectivity index (χ0n) is 11.7. The third kappa shape index (κ3) is 3.51. The molecule has 1 amide bonds. The molecule has 0 bridgehead atoms. The Hall–Kier alpha value is -1.66. The van der Waals surface area contributed by atoms with Crippen molar-refractivity contribution >= 4 is 23.2 Å². The van der Waals surface area contributed by atoms with Gasteiger partial charge in [0.05, 0.1) is 11.0 Å². The van der Waals surface area contributed by atoms with E-state index in [0.717, 1.165) is 12.8 Å². The number of rotatable bonds is 3. The second-order valence-corrected chi connectivity index (χ2v) is 5.70. The summed E-state index contributed by atoms with van der Waals surface area (Å²) in [6.45, 7) is 2.85. The van der Waals surface area contributed by atoms with Crippen LogP contribution in [0.5, 0.6) is 0 Å². The molecule has 2 rings (SSSR count). The van der Waals surface area contributed by atoms with Crippen molar-refractivity contribution in [1.29, 1.82) is 0 Å². The fourth-order valence-electron chi connectivity index (χ4n) is 2.55. The van der Waals surface area contributed by atoms with Crippen molar-refractivity contribution in [3.8, 4) is 0 Å². The third-order valence-electron chi connectivity index (χ3n) is 3.90. The molecule has 6 nitrogen and oxygen atoms in total. The number of nitro benzene ring substituents is 1. The van der Waals surface area contributed by atoms with Crippen molar-refractivity contribution in [1.82, 2.24) is 4.90 Å². The number of amides is 1. The number of piperidine rings is 1. The molecule has 0 saturated carbocycles. The van der Waals surface area contributed by atoms with Crippen LogP contribution in [0.15, 0.2) is 18.2 Å². The number of halogens is 1. The SMILES string of the molecule is CC(O)C1CCN(C(=O)c2ccc(Cl)c([N+](=O)[O-])c2)CC1. The van der Waals surface area contributed by atoms with Crippen LogP contribution in [-0.4, -0.2) is 40.0 Å². The second kappa shape index (κ2) is 6.41. The molecule has 0 aliphatic carbocycles. The van der Waals surface area contributed by atoms with Crippen molar-refractivity contribution in [2.75, 3.05) is 13.1 Å². The molecule has 1 atom stereocenters. The molecule has 1 aromatic rings. The summed E-state index contributed by atoms with van der Waals surface area (Å²) in [6, 6.07) is 4.08. The maximum atomic E-state index is 12.4. The predicted molar refractivity (Wildman–Crippen MR) is 78.4 cm³/mol. The standard InChI is InChI=1S/C14H17ClN2O4/c1-9(18)10-4-6-16(7-5-10)14(19)11-2-3-12(15)13(8-11)17(20)21/h2-3,8-10,18H,4-7H2,1H3. The average molecular weight is 313 g/mol. The van der Waals surface area contributed by atoms with Crippen molar-refractivity contribution in [3.05, 3.63) is 38.9 Å². The smallest absolute Gasteiger partial charge is 0.288 e. The summed E-state index contributed by atoms with van der Waals surface area (Å²) >= 11 is 5.74. The van der Waals surface area contributed by atoms with E-state index in [2.05, 4.69) is 0 Å². The zero-order chi connectivity index (χ0) is 15.6. The molecular weight excluding hydrogens is 296 g/mol. The molecule has 1 fully saturated rings. The molecule has 1 unspecified atom stereocenters. The molecule has 1 N–H and O–H groups in total. The third-order valence-corrected chi connectivity index (χ3v) is 4.22. The van der Waals surface area contributed by atoms with Crippen LogP contribution in [-0.2, 0) is 0 Å². The quantitative estimate of drug-likeness (QED) is 0.686. The summed E-state index contributed by atoms with van der Waals surface area (Å²) in [6.07, 6.45) is 1.09. The van der Waals surface area contributed by atoms with Gasteiger partial charge in [0.15, 0.2) is 0 Å². The van der Waals surface area contributed by atoms with Crippen LogP contribution in [0, 0.1) is 16.0 Å². The number of aliphatic hydroxyl groups is 1. The number of aliphatic hydroxyl groups excluding tert-OH is 1. The Bertz CT molecular complexity index is 554. The summed E-state index contributed by atoms with van der Waals surface area (Å²) in [7, 11) is 0. The number of nitro groups is 1. The highest BCUT2D eigenvalue weighted by Gasteiger charge is 2.27. The average Bonchev–Trinajstić information content (AvgIpc) is 2.46. The Kier molecular flexibility index (Phi) is 4.80. The van der Waals surface area contributed by atoms with E-state index in [4.69, 9.17) is 11.6 Å². The molecule has 0 spiro atoms. The van der Waals surface area contributed by atoms with E-state index in [1.165, 1.54) is 18.2 Å². The predicted octanol–water partition coefficient (Wildman–Crippen LogP) is 2.48. The van der Waals surface area contributed by atoms with E-state index in [1.807, 2.05) is 0 Å². The first-order chi connectivity index (χ1) is 9.90. The van der Waals surface area contributed by atoms with E-state index in [1.54, 1.807) is 11.8 Å². The Morgan fingerprint density at radius 3 is 2.62 bits per heavy atom. The fourth-order valence-corrected chi connectivity index (χ4v) is 2.74. The number of carbonyl (C=O) groups is 1. The molecule has 1 saturated heterocycles. The molecule has 0 radical (unpaired) electrons. The van der Waals surface area contributed by atoms with Crippen molar-refractivity contribution in [2.45, 2.75) is 25.9 Å². The van der Waals surface area contributed by atoms with Crippen LogP contribution in [0.2, 0.25) is 5.02 Å². The summed E-state index contributed by atoms with van der Waals surface area (Å²) < 4.78 is 0. The van der Waals surface area contributed by atoms with E-state index in [0.29, 0.717) is 13.1 Å². The second-order valence-electron chi connectivity index (χ2n) is 5.29. The highest BCUT2D eigenvalue weighted by atomic mass is 35.5. The number of carbonyl (C=O) groups excluding carboxylic acids is 1. The Morgan fingerprint density at radius 2 is 2.10 bits per heavy atom. The van der Waals surface area contributed by atoms with Gasteiger partial charge in [-0.2, -0.15) is 0 Å². The molecule has 0 aromatic heterocycles. The van der Waals surface area contributed by atoms with Gasteiger partial charge in [0.2, 0.25) is 0 Å². The first-order valence-electron chi connectivity index (χ1n) is 6.81. The van der Waals surface area contributed by atoms with Crippen molar-refractivity contribution < 1.29 is 14.8 Å². The Labute approximate surface area is 127 Å². The number of hydrogen-bond donors (Lipinski definition) is 1. The molecule has 1 aliphatic rings. The summed E-state index contributed by atoms with van der Waals surface area (Å²) in [5.74, 6) is -0.0348. The van der Waals surface area contributed by atoms with Crippen LogP contribution >= 0.6 is 11.6 Å². The lowest BCUT2D eigenvalue weighted by Gasteiger charge is -2.33. The minimum Gasteiger partial charge on any atom is -0.393 e. The first-order valence-corrected chi connectivity index (χ1v) is 7.19. The van der Waals surface area contributed by atoms with Crippen LogP contribution in [0.3, 0.4) is 0 Å². The largest absolute Gasteiger partial charge is 0.393 e. The van der Waals surface area contributed by atoms with Crippen LogP contribution < -0.4 is 0 Å². The summed E-state index contributed by atoms with van der Waals surface area (Å²) in [4.78, 5) is 24.3. The maximum absolute atomic E-state index is 12.4. The highest BCUT2D eigenvalue weighted by Crippen LogP contribution is 2.27. The van der Waals surface area contributed by atoms with E-state index >= 15 is 0 Å². The molecule has 1 aliphatic heterocycles. The van der Waals surface area contributed by atoms with Gasteiger partial charge in [0, 0.05) is 24.7 Å². The monoisotopic (exact) mass is 312 g/mol. The molecular formula is C14H17ClN2O4. The summed E-state index contributed by atoms with van der Waals surface area (Å²) in [5.41, 5.74) is 0.00276. The molecule has 21 heavy (non-hydrogen) atoms. The van der Waals surface area contributed by atoms with E-state index < -0.39 is 4.92 Å². The zero-order valence-corrected chi connectivity index (χ0v) is 12.4. The minimum atomic E-state index is -0.598. The number of nitrogens with zero attached hydrogens (tertiary/aromatic N) is 2. The van der Waals surface area contributed by atoms with Crippen LogP contribution in [0.1, 0.15) is 30.1 Å². The van der Waals surface area contributed by atoms with Gasteiger partial charge in [-0.25, -0.2) is 0 Å². The Balaban J connectivity index is 2.11. The van der Waals surface area contributed by atoms with E-state index in [9.17, 15) is 20.0 Å². The fraction of sp³-hybridized carbons (Fsp3) is 0.500. The number of likely N-dealkylation sites (tertiary alicyclic amines) is 1. The van der Waals surface area contributed by atoms with Crippen molar-refractivity contribution in [3.63, 3.8) is 0 Å². The van der Waals surface area contributed by atoms with Gasteiger partial charge in [-0.3, -0.25) is 14.9 Å². The molecule has 7 heteroatoms. The lowest BCUT2D eigenvalue weighted by atomic mass is 9.92. The minimum absolute atomic E-state index is 0.0179. The van der Waals surface area contributed by atoms with Crippen LogP contribution in [0.4, 0.5) is 5.69 Å². The molecule has 1 aromatic carbocycles. The lowest BCUT2D eigenvalue weighted by molar-refractivity contribution is -0.384. The Morgan fingerprint density at radius 1 is 1.48 bits per heavy atom. The van der Waals surface area contributed by atoms with Gasteiger partial charge in [-0.05, 0) is 37.8 Å². The summed E-state index contributed by atoms with van der Waals surface area (Å²) in [5, 5.41) is 20.4. The van der Waals surface area contributed by atoms with E-state index in [-0.39, 0.29) is 34.2 Å².